The first-order valence-electron chi connectivity index (χ1n) is 6.97. The average Bonchev–Trinajstić information content (AvgIpc) is 2.41. The van der Waals surface area contributed by atoms with Gasteiger partial charge in [0.15, 0.2) is 0 Å². The smallest absolute Gasteiger partial charge is 0.330 e. The van der Waals surface area contributed by atoms with Crippen molar-refractivity contribution in [3.05, 3.63) is 23.3 Å². The van der Waals surface area contributed by atoms with Crippen LogP contribution in [-0.4, -0.2) is 45.8 Å². The molecule has 0 aromatic carbocycles. The lowest BCUT2D eigenvalue weighted by Gasteiger charge is -2.12. The maximum atomic E-state index is 11.0. The Kier molecular flexibility index (Phi) is 9.53. The van der Waals surface area contributed by atoms with Crippen molar-refractivity contribution in [1.82, 2.24) is 5.32 Å². The molecule has 0 aromatic heterocycles. The van der Waals surface area contributed by atoms with Gasteiger partial charge in [0.25, 0.3) is 0 Å². The summed E-state index contributed by atoms with van der Waals surface area (Å²) in [6.45, 7) is 3.73. The highest BCUT2D eigenvalue weighted by Gasteiger charge is 2.17. The van der Waals surface area contributed by atoms with Gasteiger partial charge in [-0.3, -0.25) is 9.59 Å². The standard InChI is InChI=1S/C15H23NO6/c1-10(4-3-5-11(2)14(19)20)8-9-16-12(15(21)22)6-7-13(17)18/h5,8,12,16H,3-4,6-7,9H2,1-2H3,(H,17,18)(H,19,20)(H,21,22)/b10-8+,11-5+/t12-/m0/s1. The van der Waals surface area contributed by atoms with Crippen LogP contribution in [-0.2, 0) is 14.4 Å². The van der Waals surface area contributed by atoms with E-state index in [1.54, 1.807) is 6.08 Å². The molecule has 0 aliphatic carbocycles. The summed E-state index contributed by atoms with van der Waals surface area (Å²) in [5, 5.41) is 29.0. The number of rotatable bonds is 11. The van der Waals surface area contributed by atoms with Crippen molar-refractivity contribution in [2.45, 2.75) is 45.6 Å². The normalized spacial score (nSPS) is 13.7. The van der Waals surface area contributed by atoms with Crippen LogP contribution in [0.3, 0.4) is 0 Å². The second kappa shape index (κ2) is 10.6. The summed E-state index contributed by atoms with van der Waals surface area (Å²) < 4.78 is 0. The van der Waals surface area contributed by atoms with Crippen LogP contribution >= 0.6 is 0 Å². The van der Waals surface area contributed by atoms with Crippen LogP contribution < -0.4 is 5.32 Å². The number of hydrogen-bond donors (Lipinski definition) is 4. The van der Waals surface area contributed by atoms with E-state index in [4.69, 9.17) is 15.3 Å². The molecule has 124 valence electrons. The molecule has 1 atom stereocenters. The lowest BCUT2D eigenvalue weighted by atomic mass is 10.1. The minimum absolute atomic E-state index is 0.0259. The molecule has 0 aliphatic heterocycles. The summed E-state index contributed by atoms with van der Waals surface area (Å²) in [5.74, 6) is -3.04. The maximum Gasteiger partial charge on any atom is 0.330 e. The zero-order valence-electron chi connectivity index (χ0n) is 12.8. The summed E-state index contributed by atoms with van der Waals surface area (Å²) in [5.41, 5.74) is 1.30. The van der Waals surface area contributed by atoms with E-state index >= 15 is 0 Å². The molecule has 0 aliphatic rings. The highest BCUT2D eigenvalue weighted by atomic mass is 16.4. The Morgan fingerprint density at radius 1 is 1.05 bits per heavy atom. The van der Waals surface area contributed by atoms with E-state index in [0.29, 0.717) is 25.0 Å². The van der Waals surface area contributed by atoms with Gasteiger partial charge in [-0.15, -0.1) is 0 Å². The van der Waals surface area contributed by atoms with Gasteiger partial charge in [-0.05, 0) is 33.1 Å². The second-order valence-electron chi connectivity index (χ2n) is 5.01. The molecule has 0 spiro atoms. The van der Waals surface area contributed by atoms with Gasteiger partial charge in [0.05, 0.1) is 0 Å². The van der Waals surface area contributed by atoms with Crippen molar-refractivity contribution in [2.75, 3.05) is 6.54 Å². The second-order valence-corrected chi connectivity index (χ2v) is 5.01. The van der Waals surface area contributed by atoms with E-state index in [1.165, 1.54) is 6.92 Å². The third-order valence-corrected chi connectivity index (χ3v) is 3.09. The van der Waals surface area contributed by atoms with Crippen molar-refractivity contribution < 1.29 is 29.7 Å². The molecular weight excluding hydrogens is 290 g/mol. The van der Waals surface area contributed by atoms with Gasteiger partial charge in [0.1, 0.15) is 6.04 Å². The Balaban J connectivity index is 4.21. The van der Waals surface area contributed by atoms with Crippen LogP contribution in [0, 0.1) is 0 Å². The first-order valence-corrected chi connectivity index (χ1v) is 6.97. The predicted octanol–water partition coefficient (Wildman–Crippen LogP) is 1.65. The summed E-state index contributed by atoms with van der Waals surface area (Å²) in [4.78, 5) is 32.0. The average molecular weight is 313 g/mol. The van der Waals surface area contributed by atoms with Crippen LogP contribution in [0.15, 0.2) is 23.3 Å². The zero-order chi connectivity index (χ0) is 17.1. The molecule has 0 saturated heterocycles. The quantitative estimate of drug-likeness (QED) is 0.338. The van der Waals surface area contributed by atoms with Crippen molar-refractivity contribution in [2.24, 2.45) is 0 Å². The van der Waals surface area contributed by atoms with Crippen molar-refractivity contribution in [3.63, 3.8) is 0 Å². The van der Waals surface area contributed by atoms with E-state index in [9.17, 15) is 14.4 Å². The van der Waals surface area contributed by atoms with Crippen LogP contribution in [0.25, 0.3) is 0 Å². The number of carboxylic acid groups (broad SMARTS) is 3. The Morgan fingerprint density at radius 3 is 2.18 bits per heavy atom. The molecule has 0 unspecified atom stereocenters. The summed E-state index contributed by atoms with van der Waals surface area (Å²) in [6, 6.07) is -0.894. The van der Waals surface area contributed by atoms with Crippen molar-refractivity contribution in [3.8, 4) is 0 Å². The van der Waals surface area contributed by atoms with Gasteiger partial charge >= 0.3 is 17.9 Å². The molecule has 4 N–H and O–H groups in total. The van der Waals surface area contributed by atoms with Gasteiger partial charge in [-0.2, -0.15) is 0 Å². The van der Waals surface area contributed by atoms with Gasteiger partial charge in [-0.25, -0.2) is 4.79 Å². The number of carboxylic acids is 3. The van der Waals surface area contributed by atoms with Crippen LogP contribution in [0.2, 0.25) is 0 Å². The van der Waals surface area contributed by atoms with Gasteiger partial charge in [0, 0.05) is 18.5 Å². The fourth-order valence-electron chi connectivity index (χ4n) is 1.66. The lowest BCUT2D eigenvalue weighted by molar-refractivity contribution is -0.140. The first kappa shape index (κ1) is 19.9. The third kappa shape index (κ3) is 9.71. The number of carbonyl (C=O) groups is 3. The lowest BCUT2D eigenvalue weighted by Crippen LogP contribution is -2.37. The molecule has 0 fully saturated rings. The SMILES string of the molecule is C/C(=C\CN[C@@H](CCC(=O)O)C(=O)O)CC/C=C(\C)C(=O)O. The van der Waals surface area contributed by atoms with E-state index in [2.05, 4.69) is 5.32 Å². The topological polar surface area (TPSA) is 124 Å². The third-order valence-electron chi connectivity index (χ3n) is 3.09. The molecule has 0 bridgehead atoms. The molecule has 0 radical (unpaired) electrons. The number of nitrogens with one attached hydrogen (secondary N) is 1. The highest BCUT2D eigenvalue weighted by molar-refractivity contribution is 5.85. The van der Waals surface area contributed by atoms with Gasteiger partial charge in [-0.1, -0.05) is 17.7 Å². The minimum atomic E-state index is -1.08. The Labute approximate surface area is 129 Å². The Bertz CT molecular complexity index is 467. The zero-order valence-corrected chi connectivity index (χ0v) is 12.8. The summed E-state index contributed by atoms with van der Waals surface area (Å²) in [6.07, 6.45) is 4.56. The van der Waals surface area contributed by atoms with Gasteiger partial charge < -0.3 is 20.6 Å². The van der Waals surface area contributed by atoms with E-state index in [0.717, 1.165) is 5.57 Å². The molecule has 0 rings (SSSR count). The van der Waals surface area contributed by atoms with Gasteiger partial charge in [0.2, 0.25) is 0 Å². The predicted molar refractivity (Wildman–Crippen MR) is 80.7 cm³/mol. The van der Waals surface area contributed by atoms with Crippen molar-refractivity contribution >= 4 is 17.9 Å². The molecular formula is C15H23NO6. The fourth-order valence-corrected chi connectivity index (χ4v) is 1.66. The highest BCUT2D eigenvalue weighted by Crippen LogP contribution is 2.07. The first-order chi connectivity index (χ1) is 10.2. The summed E-state index contributed by atoms with van der Waals surface area (Å²) >= 11 is 0. The summed E-state index contributed by atoms with van der Waals surface area (Å²) in [7, 11) is 0. The monoisotopic (exact) mass is 313 g/mol. The molecule has 0 aromatic rings. The van der Waals surface area contributed by atoms with E-state index in [-0.39, 0.29) is 12.8 Å². The maximum absolute atomic E-state index is 11.0. The Hall–Kier alpha value is -2.15. The van der Waals surface area contributed by atoms with E-state index < -0.39 is 23.9 Å². The number of hydrogen-bond acceptors (Lipinski definition) is 4. The molecule has 22 heavy (non-hydrogen) atoms. The fraction of sp³-hybridized carbons (Fsp3) is 0.533. The Morgan fingerprint density at radius 2 is 1.68 bits per heavy atom. The molecule has 0 heterocycles. The number of aliphatic carboxylic acids is 3. The van der Waals surface area contributed by atoms with E-state index in [1.807, 2.05) is 13.0 Å². The van der Waals surface area contributed by atoms with Crippen LogP contribution in [0.4, 0.5) is 0 Å². The van der Waals surface area contributed by atoms with Crippen LogP contribution in [0.5, 0.6) is 0 Å². The molecule has 7 heteroatoms. The molecule has 7 nitrogen and oxygen atoms in total. The molecule has 0 amide bonds. The molecule has 0 saturated carbocycles. The van der Waals surface area contributed by atoms with Crippen LogP contribution in [0.1, 0.15) is 39.5 Å². The van der Waals surface area contributed by atoms with Crippen molar-refractivity contribution in [1.29, 1.82) is 0 Å². The minimum Gasteiger partial charge on any atom is -0.481 e. The largest absolute Gasteiger partial charge is 0.481 e. The number of allylic oxidation sites excluding steroid dienone is 2.